The van der Waals surface area contributed by atoms with Gasteiger partial charge in [0, 0.05) is 50.2 Å². The van der Waals surface area contributed by atoms with Crippen molar-refractivity contribution in [3.63, 3.8) is 0 Å². The quantitative estimate of drug-likeness (QED) is 0.664. The number of nitrogens with zero attached hydrogens (tertiary/aromatic N) is 1. The normalized spacial score (nSPS) is 23.1. The molecule has 0 radical (unpaired) electrons. The van der Waals surface area contributed by atoms with Gasteiger partial charge in [-0.3, -0.25) is 14.5 Å². The fourth-order valence-electron chi connectivity index (χ4n) is 3.66. The van der Waals surface area contributed by atoms with Gasteiger partial charge >= 0.3 is 0 Å². The molecule has 2 fully saturated rings. The standard InChI is InChI=1S/C20H30N4O3/c21-17-5-4-16(13-17)20(26)22-14-15-2-1-3-18(12-15)23-19(25)6-7-24-8-10-27-11-9-24/h1-3,12,16-17H,4-11,13-14,21H2,(H,22,26)(H,23,25). The number of ether oxygens (including phenoxy) is 1. The van der Waals surface area contributed by atoms with E-state index in [-0.39, 0.29) is 23.8 Å². The van der Waals surface area contributed by atoms with Crippen LogP contribution in [0.4, 0.5) is 5.69 Å². The van der Waals surface area contributed by atoms with Crippen molar-refractivity contribution in [3.8, 4) is 0 Å². The van der Waals surface area contributed by atoms with Gasteiger partial charge in [-0.05, 0) is 37.0 Å². The molecule has 0 bridgehead atoms. The predicted molar refractivity (Wildman–Crippen MR) is 104 cm³/mol. The molecule has 1 aliphatic carbocycles. The second-order valence-corrected chi connectivity index (χ2v) is 7.44. The van der Waals surface area contributed by atoms with Crippen LogP contribution in [-0.4, -0.2) is 55.6 Å². The highest BCUT2D eigenvalue weighted by molar-refractivity contribution is 5.90. The Hall–Kier alpha value is -1.96. The molecule has 2 aliphatic rings. The Morgan fingerprint density at radius 3 is 2.78 bits per heavy atom. The van der Waals surface area contributed by atoms with Crippen molar-refractivity contribution < 1.29 is 14.3 Å². The summed E-state index contributed by atoms with van der Waals surface area (Å²) in [6.45, 7) is 4.45. The number of hydrogen-bond donors (Lipinski definition) is 3. The highest BCUT2D eigenvalue weighted by atomic mass is 16.5. The third-order valence-corrected chi connectivity index (χ3v) is 5.28. The molecule has 27 heavy (non-hydrogen) atoms. The third kappa shape index (κ3) is 6.30. The summed E-state index contributed by atoms with van der Waals surface area (Å²) in [6, 6.07) is 7.77. The van der Waals surface area contributed by atoms with Gasteiger partial charge < -0.3 is 21.1 Å². The Balaban J connectivity index is 1.42. The van der Waals surface area contributed by atoms with Gasteiger partial charge in [-0.25, -0.2) is 0 Å². The van der Waals surface area contributed by atoms with Gasteiger partial charge in [0.05, 0.1) is 13.2 Å². The average molecular weight is 374 g/mol. The summed E-state index contributed by atoms with van der Waals surface area (Å²) in [5.41, 5.74) is 7.61. The summed E-state index contributed by atoms with van der Waals surface area (Å²) in [5, 5.41) is 5.93. The average Bonchev–Trinajstić information content (AvgIpc) is 3.12. The number of carbonyl (C=O) groups excluding carboxylic acids is 2. The van der Waals surface area contributed by atoms with E-state index in [9.17, 15) is 9.59 Å². The Morgan fingerprint density at radius 2 is 2.04 bits per heavy atom. The molecule has 0 aromatic heterocycles. The van der Waals surface area contributed by atoms with Gasteiger partial charge in [0.1, 0.15) is 0 Å². The number of amides is 2. The van der Waals surface area contributed by atoms with Crippen LogP contribution in [-0.2, 0) is 20.9 Å². The summed E-state index contributed by atoms with van der Waals surface area (Å²) < 4.78 is 5.31. The molecule has 148 valence electrons. The van der Waals surface area contributed by atoms with Crippen molar-refractivity contribution in [3.05, 3.63) is 29.8 Å². The Kier molecular flexibility index (Phi) is 7.20. The number of nitrogens with one attached hydrogen (secondary N) is 2. The minimum atomic E-state index is 0.00243. The van der Waals surface area contributed by atoms with E-state index >= 15 is 0 Å². The van der Waals surface area contributed by atoms with Crippen LogP contribution < -0.4 is 16.4 Å². The van der Waals surface area contributed by atoms with Crippen LogP contribution in [0.1, 0.15) is 31.2 Å². The van der Waals surface area contributed by atoms with Gasteiger partial charge in [-0.1, -0.05) is 12.1 Å². The number of hydrogen-bond acceptors (Lipinski definition) is 5. The molecule has 3 rings (SSSR count). The molecule has 1 heterocycles. The molecular formula is C20H30N4O3. The van der Waals surface area contributed by atoms with Gasteiger partial charge in [0.15, 0.2) is 0 Å². The van der Waals surface area contributed by atoms with Crippen LogP contribution in [0.5, 0.6) is 0 Å². The van der Waals surface area contributed by atoms with Gasteiger partial charge in [-0.2, -0.15) is 0 Å². The largest absolute Gasteiger partial charge is 0.379 e. The van der Waals surface area contributed by atoms with Crippen molar-refractivity contribution in [2.45, 2.75) is 38.3 Å². The first-order valence-electron chi connectivity index (χ1n) is 9.82. The lowest BCUT2D eigenvalue weighted by Crippen LogP contribution is -2.38. The minimum absolute atomic E-state index is 0.00243. The van der Waals surface area contributed by atoms with Crippen molar-refractivity contribution >= 4 is 17.5 Å². The summed E-state index contributed by atoms with van der Waals surface area (Å²) in [7, 11) is 0. The molecule has 7 nitrogen and oxygen atoms in total. The predicted octanol–water partition coefficient (Wildman–Crippen LogP) is 1.09. The maximum absolute atomic E-state index is 12.2. The maximum Gasteiger partial charge on any atom is 0.225 e. The fraction of sp³-hybridized carbons (Fsp3) is 0.600. The number of anilines is 1. The number of benzene rings is 1. The van der Waals surface area contributed by atoms with Gasteiger partial charge in [-0.15, -0.1) is 0 Å². The molecule has 2 amide bonds. The smallest absolute Gasteiger partial charge is 0.225 e. The third-order valence-electron chi connectivity index (χ3n) is 5.28. The topological polar surface area (TPSA) is 96.7 Å². The molecule has 1 saturated heterocycles. The molecule has 1 aliphatic heterocycles. The van der Waals surface area contributed by atoms with E-state index in [1.54, 1.807) is 0 Å². The fourth-order valence-corrected chi connectivity index (χ4v) is 3.66. The summed E-state index contributed by atoms with van der Waals surface area (Å²) in [6.07, 6.45) is 3.02. The lowest BCUT2D eigenvalue weighted by Gasteiger charge is -2.26. The highest BCUT2D eigenvalue weighted by Crippen LogP contribution is 2.24. The first-order valence-corrected chi connectivity index (χ1v) is 9.82. The van der Waals surface area contributed by atoms with Crippen LogP contribution in [0.15, 0.2) is 24.3 Å². The number of rotatable bonds is 7. The molecule has 1 aromatic rings. The number of morpholine rings is 1. The molecule has 0 spiro atoms. The number of nitrogens with two attached hydrogens (primary N) is 1. The zero-order valence-corrected chi connectivity index (χ0v) is 15.8. The van der Waals surface area contributed by atoms with E-state index in [4.69, 9.17) is 10.5 Å². The van der Waals surface area contributed by atoms with Gasteiger partial charge in [0.25, 0.3) is 0 Å². The van der Waals surface area contributed by atoms with Crippen LogP contribution in [0.3, 0.4) is 0 Å². The molecule has 4 N–H and O–H groups in total. The SMILES string of the molecule is NC1CCC(C(=O)NCc2cccc(NC(=O)CCN3CCOCC3)c2)C1. The highest BCUT2D eigenvalue weighted by Gasteiger charge is 2.27. The molecule has 2 unspecified atom stereocenters. The molecule has 1 aromatic carbocycles. The second-order valence-electron chi connectivity index (χ2n) is 7.44. The lowest BCUT2D eigenvalue weighted by atomic mass is 10.1. The number of carbonyl (C=O) groups is 2. The van der Waals surface area contributed by atoms with Crippen molar-refractivity contribution in [1.82, 2.24) is 10.2 Å². The van der Waals surface area contributed by atoms with Crippen LogP contribution in [0, 0.1) is 5.92 Å². The first-order chi connectivity index (χ1) is 13.1. The molecule has 7 heteroatoms. The second kappa shape index (κ2) is 9.82. The van der Waals surface area contributed by atoms with Crippen molar-refractivity contribution in [2.24, 2.45) is 11.7 Å². The Bertz CT molecular complexity index is 646. The van der Waals surface area contributed by atoms with E-state index in [2.05, 4.69) is 15.5 Å². The summed E-state index contributed by atoms with van der Waals surface area (Å²) in [5.74, 6) is 0.105. The Labute approximate surface area is 160 Å². The zero-order chi connectivity index (χ0) is 19.1. The molecule has 2 atom stereocenters. The van der Waals surface area contributed by atoms with Crippen LogP contribution in [0.25, 0.3) is 0 Å². The molecule has 1 saturated carbocycles. The van der Waals surface area contributed by atoms with Crippen molar-refractivity contribution in [1.29, 1.82) is 0 Å². The first kappa shape index (κ1) is 19.8. The van der Waals surface area contributed by atoms with Crippen LogP contribution >= 0.6 is 0 Å². The monoisotopic (exact) mass is 374 g/mol. The van der Waals surface area contributed by atoms with E-state index in [0.29, 0.717) is 13.0 Å². The summed E-state index contributed by atoms with van der Waals surface area (Å²) in [4.78, 5) is 26.6. The van der Waals surface area contributed by atoms with Gasteiger partial charge in [0.2, 0.25) is 11.8 Å². The van der Waals surface area contributed by atoms with E-state index < -0.39 is 0 Å². The van der Waals surface area contributed by atoms with E-state index in [0.717, 1.165) is 63.4 Å². The summed E-state index contributed by atoms with van der Waals surface area (Å²) >= 11 is 0. The Morgan fingerprint density at radius 1 is 1.22 bits per heavy atom. The van der Waals surface area contributed by atoms with E-state index in [1.807, 2.05) is 24.3 Å². The minimum Gasteiger partial charge on any atom is -0.379 e. The van der Waals surface area contributed by atoms with Crippen LogP contribution in [0.2, 0.25) is 0 Å². The zero-order valence-electron chi connectivity index (χ0n) is 15.8. The van der Waals surface area contributed by atoms with E-state index in [1.165, 1.54) is 0 Å². The maximum atomic E-state index is 12.2. The molecular weight excluding hydrogens is 344 g/mol. The lowest BCUT2D eigenvalue weighted by molar-refractivity contribution is -0.125. The van der Waals surface area contributed by atoms with Crippen molar-refractivity contribution in [2.75, 3.05) is 38.2 Å².